The van der Waals surface area contributed by atoms with E-state index in [1.165, 1.54) is 24.8 Å². The molecular formula is C16H21NO. The largest absolute Gasteiger partial charge is 0.484 e. The Morgan fingerprint density at radius 2 is 2.11 bits per heavy atom. The van der Waals surface area contributed by atoms with Gasteiger partial charge in [-0.3, -0.25) is 4.99 Å². The fraction of sp³-hybridized carbons (Fsp3) is 0.438. The lowest BCUT2D eigenvalue weighted by molar-refractivity contribution is 0.386. The lowest BCUT2D eigenvalue weighted by Crippen LogP contribution is -2.06. The van der Waals surface area contributed by atoms with Crippen LogP contribution in [0.3, 0.4) is 0 Å². The Balaban J connectivity index is 1.91. The van der Waals surface area contributed by atoms with Crippen molar-refractivity contribution in [3.63, 3.8) is 0 Å². The lowest BCUT2D eigenvalue weighted by atomic mass is 10.1. The van der Waals surface area contributed by atoms with Gasteiger partial charge in [-0.15, -0.1) is 0 Å². The zero-order valence-electron chi connectivity index (χ0n) is 11.0. The first-order valence-electron chi connectivity index (χ1n) is 6.71. The van der Waals surface area contributed by atoms with Crippen molar-refractivity contribution >= 4 is 12.0 Å². The third kappa shape index (κ3) is 4.02. The van der Waals surface area contributed by atoms with E-state index in [-0.39, 0.29) is 0 Å². The molecule has 2 nitrogen and oxygen atoms in total. The molecule has 0 spiro atoms. The molecule has 1 aromatic carbocycles. The summed E-state index contributed by atoms with van der Waals surface area (Å²) in [6, 6.07) is 10.8. The van der Waals surface area contributed by atoms with Crippen molar-refractivity contribution < 1.29 is 4.74 Å². The SMILES string of the molecule is COC1=NC(CC=Cc2ccccc2)CCCC1. The van der Waals surface area contributed by atoms with Crippen molar-refractivity contribution in [3.8, 4) is 0 Å². The summed E-state index contributed by atoms with van der Waals surface area (Å²) in [4.78, 5) is 4.67. The van der Waals surface area contributed by atoms with Crippen LogP contribution in [0, 0.1) is 0 Å². The van der Waals surface area contributed by atoms with E-state index in [4.69, 9.17) is 4.74 Å². The van der Waals surface area contributed by atoms with E-state index in [1.807, 2.05) is 6.07 Å². The van der Waals surface area contributed by atoms with Gasteiger partial charge >= 0.3 is 0 Å². The highest BCUT2D eigenvalue weighted by Gasteiger charge is 2.12. The first kappa shape index (κ1) is 12.9. The van der Waals surface area contributed by atoms with E-state index in [2.05, 4.69) is 41.4 Å². The maximum Gasteiger partial charge on any atom is 0.183 e. The van der Waals surface area contributed by atoms with Gasteiger partial charge in [0.1, 0.15) is 0 Å². The molecule has 0 saturated heterocycles. The van der Waals surface area contributed by atoms with E-state index in [1.54, 1.807) is 7.11 Å². The molecule has 1 heterocycles. The molecule has 0 radical (unpaired) electrons. The third-order valence-electron chi connectivity index (χ3n) is 3.26. The summed E-state index contributed by atoms with van der Waals surface area (Å²) in [6.07, 6.45) is 10.0. The summed E-state index contributed by atoms with van der Waals surface area (Å²) in [5.74, 6) is 0.922. The Hall–Kier alpha value is -1.57. The van der Waals surface area contributed by atoms with Gasteiger partial charge in [-0.05, 0) is 24.8 Å². The zero-order chi connectivity index (χ0) is 12.6. The fourth-order valence-electron chi connectivity index (χ4n) is 2.24. The van der Waals surface area contributed by atoms with E-state index < -0.39 is 0 Å². The van der Waals surface area contributed by atoms with Crippen LogP contribution in [-0.2, 0) is 4.74 Å². The molecule has 1 unspecified atom stereocenters. The quantitative estimate of drug-likeness (QED) is 0.784. The van der Waals surface area contributed by atoms with Gasteiger partial charge in [-0.25, -0.2) is 0 Å². The number of nitrogens with zero attached hydrogens (tertiary/aromatic N) is 1. The molecule has 18 heavy (non-hydrogen) atoms. The van der Waals surface area contributed by atoms with Crippen LogP contribution < -0.4 is 0 Å². The Bertz CT molecular complexity index is 408. The summed E-state index contributed by atoms with van der Waals surface area (Å²) in [5.41, 5.74) is 1.25. The molecule has 1 aliphatic heterocycles. The van der Waals surface area contributed by atoms with Gasteiger partial charge in [0.25, 0.3) is 0 Å². The number of methoxy groups -OCH3 is 1. The molecule has 0 N–H and O–H groups in total. The van der Waals surface area contributed by atoms with Crippen LogP contribution in [0.5, 0.6) is 0 Å². The van der Waals surface area contributed by atoms with Gasteiger partial charge in [-0.2, -0.15) is 0 Å². The summed E-state index contributed by atoms with van der Waals surface area (Å²) < 4.78 is 5.29. The standard InChI is InChI=1S/C16H21NO/c1-18-16-13-6-5-11-15(17-16)12-7-10-14-8-3-2-4-9-14/h2-4,7-10,15H,5-6,11-13H2,1H3. The van der Waals surface area contributed by atoms with Crippen LogP contribution >= 0.6 is 0 Å². The van der Waals surface area contributed by atoms with Crippen molar-refractivity contribution in [1.29, 1.82) is 0 Å². The van der Waals surface area contributed by atoms with Gasteiger partial charge in [0.15, 0.2) is 5.90 Å². The highest BCUT2D eigenvalue weighted by atomic mass is 16.5. The fourth-order valence-corrected chi connectivity index (χ4v) is 2.24. The minimum absolute atomic E-state index is 0.391. The number of aliphatic imine (C=N–C) groups is 1. The molecule has 0 fully saturated rings. The maximum atomic E-state index is 5.29. The van der Waals surface area contributed by atoms with Gasteiger partial charge in [0.05, 0.1) is 13.2 Å². The summed E-state index contributed by atoms with van der Waals surface area (Å²) >= 11 is 0. The third-order valence-corrected chi connectivity index (χ3v) is 3.26. The smallest absolute Gasteiger partial charge is 0.183 e. The molecule has 2 heteroatoms. The van der Waals surface area contributed by atoms with Gasteiger partial charge in [0.2, 0.25) is 0 Å². The lowest BCUT2D eigenvalue weighted by Gasteiger charge is -2.08. The summed E-state index contributed by atoms with van der Waals surface area (Å²) in [5, 5.41) is 0. The normalized spacial score (nSPS) is 20.5. The van der Waals surface area contributed by atoms with E-state index in [9.17, 15) is 0 Å². The highest BCUT2D eigenvalue weighted by Crippen LogP contribution is 2.17. The zero-order valence-corrected chi connectivity index (χ0v) is 11.0. The molecule has 0 bridgehead atoms. The second kappa shape index (κ2) is 7.00. The molecule has 1 atom stereocenters. The Morgan fingerprint density at radius 1 is 1.28 bits per heavy atom. The highest BCUT2D eigenvalue weighted by molar-refractivity contribution is 5.76. The van der Waals surface area contributed by atoms with E-state index in [0.717, 1.165) is 18.7 Å². The molecule has 2 rings (SSSR count). The monoisotopic (exact) mass is 243 g/mol. The summed E-state index contributed by atoms with van der Waals surface area (Å²) in [7, 11) is 1.72. The Kier molecular flexibility index (Phi) is 5.00. The first-order valence-corrected chi connectivity index (χ1v) is 6.71. The molecule has 0 amide bonds. The Morgan fingerprint density at radius 3 is 2.89 bits per heavy atom. The van der Waals surface area contributed by atoms with Crippen molar-refractivity contribution in [3.05, 3.63) is 42.0 Å². The van der Waals surface area contributed by atoms with Crippen LogP contribution in [0.4, 0.5) is 0 Å². The average Bonchev–Trinajstić information content (AvgIpc) is 2.65. The minimum atomic E-state index is 0.391. The molecule has 1 aliphatic rings. The predicted molar refractivity (Wildman–Crippen MR) is 76.8 cm³/mol. The van der Waals surface area contributed by atoms with Crippen LogP contribution in [0.2, 0.25) is 0 Å². The van der Waals surface area contributed by atoms with Crippen LogP contribution in [0.1, 0.15) is 37.7 Å². The van der Waals surface area contributed by atoms with Gasteiger partial charge in [0, 0.05) is 6.42 Å². The number of hydrogen-bond acceptors (Lipinski definition) is 2. The van der Waals surface area contributed by atoms with Gasteiger partial charge in [-0.1, -0.05) is 48.9 Å². The first-order chi connectivity index (χ1) is 8.88. The average molecular weight is 243 g/mol. The van der Waals surface area contributed by atoms with Crippen molar-refractivity contribution in [1.82, 2.24) is 0 Å². The van der Waals surface area contributed by atoms with Crippen molar-refractivity contribution in [2.45, 2.75) is 38.1 Å². The molecule has 0 aromatic heterocycles. The van der Waals surface area contributed by atoms with E-state index >= 15 is 0 Å². The topological polar surface area (TPSA) is 21.6 Å². The minimum Gasteiger partial charge on any atom is -0.484 e. The molecule has 0 aliphatic carbocycles. The maximum absolute atomic E-state index is 5.29. The van der Waals surface area contributed by atoms with Crippen LogP contribution in [0.15, 0.2) is 41.4 Å². The van der Waals surface area contributed by atoms with Crippen LogP contribution in [-0.4, -0.2) is 19.0 Å². The molecule has 1 aromatic rings. The van der Waals surface area contributed by atoms with Crippen molar-refractivity contribution in [2.24, 2.45) is 4.99 Å². The van der Waals surface area contributed by atoms with E-state index in [0.29, 0.717) is 6.04 Å². The predicted octanol–water partition coefficient (Wildman–Crippen LogP) is 4.08. The van der Waals surface area contributed by atoms with Crippen molar-refractivity contribution in [2.75, 3.05) is 7.11 Å². The molecule has 0 saturated carbocycles. The van der Waals surface area contributed by atoms with Crippen LogP contribution in [0.25, 0.3) is 6.08 Å². The second-order valence-corrected chi connectivity index (χ2v) is 4.68. The second-order valence-electron chi connectivity index (χ2n) is 4.68. The number of hydrogen-bond donors (Lipinski definition) is 0. The number of ether oxygens (including phenoxy) is 1. The van der Waals surface area contributed by atoms with Gasteiger partial charge < -0.3 is 4.74 Å². The molecule has 96 valence electrons. The molecular weight excluding hydrogens is 222 g/mol. The Labute approximate surface area is 109 Å². The number of rotatable bonds is 3. The number of benzene rings is 1. The summed E-state index contributed by atoms with van der Waals surface area (Å²) in [6.45, 7) is 0.